The summed E-state index contributed by atoms with van der Waals surface area (Å²) >= 11 is 0. The van der Waals surface area contributed by atoms with Crippen LogP contribution in [0.2, 0.25) is 0 Å². The molecular weight excluding hydrogens is 350 g/mol. The van der Waals surface area contributed by atoms with Gasteiger partial charge < -0.3 is 10.1 Å². The summed E-state index contributed by atoms with van der Waals surface area (Å²) in [6, 6.07) is 9.80. The van der Waals surface area contributed by atoms with Gasteiger partial charge in [-0.1, -0.05) is 37.5 Å². The first-order valence-electron chi connectivity index (χ1n) is 9.65. The highest BCUT2D eigenvalue weighted by Gasteiger charge is 2.41. The summed E-state index contributed by atoms with van der Waals surface area (Å²) in [5.74, 6) is 1.13. The minimum absolute atomic E-state index is 0.0848. The molecule has 0 saturated heterocycles. The molecule has 2 aromatic rings. The van der Waals surface area contributed by atoms with Crippen molar-refractivity contribution in [2.24, 2.45) is 0 Å². The first-order chi connectivity index (χ1) is 13.5. The predicted molar refractivity (Wildman–Crippen MR) is 112 cm³/mol. The van der Waals surface area contributed by atoms with Crippen LogP contribution in [0.15, 0.2) is 54.4 Å². The van der Waals surface area contributed by atoms with Crippen LogP contribution in [0.5, 0.6) is 5.75 Å². The second-order valence-electron chi connectivity index (χ2n) is 7.33. The highest BCUT2D eigenvalue weighted by Crippen LogP contribution is 2.34. The summed E-state index contributed by atoms with van der Waals surface area (Å²) in [6.45, 7) is 4.00. The van der Waals surface area contributed by atoms with Crippen molar-refractivity contribution in [3.63, 3.8) is 0 Å². The summed E-state index contributed by atoms with van der Waals surface area (Å²) in [4.78, 5) is 17.7. The van der Waals surface area contributed by atoms with Crippen LogP contribution in [0, 0.1) is 5.41 Å². The molecule has 146 valence electrons. The van der Waals surface area contributed by atoms with Gasteiger partial charge in [0.1, 0.15) is 17.1 Å². The molecule has 0 amide bonds. The van der Waals surface area contributed by atoms with Crippen molar-refractivity contribution in [3.05, 3.63) is 59.9 Å². The first kappa shape index (κ1) is 19.8. The van der Waals surface area contributed by atoms with E-state index in [1.807, 2.05) is 37.3 Å². The Labute approximate surface area is 166 Å². The molecule has 2 N–H and O–H groups in total. The van der Waals surface area contributed by atoms with Crippen LogP contribution in [-0.4, -0.2) is 23.7 Å². The lowest BCUT2D eigenvalue weighted by Gasteiger charge is -2.33. The number of carbonyl (C=O) groups excluding carboxylic acids is 1. The molecule has 1 aliphatic rings. The standard InChI is InChI=1S/C23H27N3O2/c1-4-5-9-23(21(27)10-16(2)11-22(24)26-23)19-12-18(14-25-15-19)17-7-6-8-20(13-17)28-3/h6-8,11-15H,4-5,9-10H2,1-3H3,(H2,24,26). The number of ether oxygens (including phenoxy) is 1. The summed E-state index contributed by atoms with van der Waals surface area (Å²) in [5.41, 5.74) is 2.67. The van der Waals surface area contributed by atoms with Crippen LogP contribution in [0.4, 0.5) is 0 Å². The number of pyridine rings is 1. The Morgan fingerprint density at radius 1 is 1.25 bits per heavy atom. The van der Waals surface area contributed by atoms with Gasteiger partial charge in [0, 0.05) is 29.9 Å². The van der Waals surface area contributed by atoms with E-state index >= 15 is 0 Å². The van der Waals surface area contributed by atoms with Crippen molar-refractivity contribution in [2.45, 2.75) is 45.1 Å². The SMILES string of the molecule is CCCCC1(c2cncc(-c3cccc(OC)c3)c2)NC(=N)C=C(C)CC1=O. The van der Waals surface area contributed by atoms with Crippen LogP contribution in [0.25, 0.3) is 11.1 Å². The lowest BCUT2D eigenvalue weighted by Crippen LogP contribution is -2.50. The molecule has 1 atom stereocenters. The number of carbonyl (C=O) groups is 1. The van der Waals surface area contributed by atoms with Crippen molar-refractivity contribution in [1.29, 1.82) is 5.41 Å². The van der Waals surface area contributed by atoms with E-state index in [2.05, 4.69) is 17.2 Å². The van der Waals surface area contributed by atoms with Gasteiger partial charge in [-0.2, -0.15) is 0 Å². The molecule has 0 saturated carbocycles. The van der Waals surface area contributed by atoms with Crippen molar-refractivity contribution in [3.8, 4) is 16.9 Å². The van der Waals surface area contributed by atoms with Crippen LogP contribution < -0.4 is 10.1 Å². The largest absolute Gasteiger partial charge is 0.497 e. The molecule has 1 aliphatic heterocycles. The smallest absolute Gasteiger partial charge is 0.166 e. The topological polar surface area (TPSA) is 75.1 Å². The molecule has 1 aromatic carbocycles. The zero-order chi connectivity index (χ0) is 20.1. The second-order valence-corrected chi connectivity index (χ2v) is 7.33. The quantitative estimate of drug-likeness (QED) is 0.770. The molecule has 5 nitrogen and oxygen atoms in total. The predicted octanol–water partition coefficient (Wildman–Crippen LogP) is 4.63. The summed E-state index contributed by atoms with van der Waals surface area (Å²) in [7, 11) is 1.64. The Balaban J connectivity index is 2.08. The van der Waals surface area contributed by atoms with Gasteiger partial charge in [-0.15, -0.1) is 0 Å². The van der Waals surface area contributed by atoms with E-state index in [0.717, 1.165) is 40.9 Å². The molecule has 1 aromatic heterocycles. The Kier molecular flexibility index (Phi) is 5.93. The van der Waals surface area contributed by atoms with Crippen molar-refractivity contribution in [1.82, 2.24) is 10.3 Å². The number of Topliss-reactive ketones (excluding diaryl/α,β-unsaturated/α-hetero) is 1. The number of amidine groups is 1. The number of methoxy groups -OCH3 is 1. The van der Waals surface area contributed by atoms with E-state index in [1.165, 1.54) is 0 Å². The van der Waals surface area contributed by atoms with Gasteiger partial charge in [-0.3, -0.25) is 15.2 Å². The number of ketones is 1. The summed E-state index contributed by atoms with van der Waals surface area (Å²) in [5, 5.41) is 11.5. The third kappa shape index (κ3) is 3.98. The Morgan fingerprint density at radius 3 is 2.82 bits per heavy atom. The number of aromatic nitrogens is 1. The fourth-order valence-electron chi connectivity index (χ4n) is 3.69. The number of unbranched alkanes of at least 4 members (excludes halogenated alkanes) is 1. The molecule has 5 heteroatoms. The number of benzene rings is 1. The molecule has 28 heavy (non-hydrogen) atoms. The van der Waals surface area contributed by atoms with Crippen LogP contribution in [0.3, 0.4) is 0 Å². The zero-order valence-electron chi connectivity index (χ0n) is 16.7. The van der Waals surface area contributed by atoms with E-state index < -0.39 is 5.54 Å². The molecule has 0 aliphatic carbocycles. The van der Waals surface area contributed by atoms with Gasteiger partial charge in [0.25, 0.3) is 0 Å². The fraction of sp³-hybridized carbons (Fsp3) is 0.348. The third-order valence-corrected chi connectivity index (χ3v) is 5.19. The van der Waals surface area contributed by atoms with Crippen LogP contribution in [-0.2, 0) is 10.3 Å². The van der Waals surface area contributed by atoms with Gasteiger partial charge in [0.05, 0.1) is 7.11 Å². The van der Waals surface area contributed by atoms with Crippen molar-refractivity contribution < 1.29 is 9.53 Å². The van der Waals surface area contributed by atoms with Crippen LogP contribution in [0.1, 0.15) is 45.1 Å². The zero-order valence-corrected chi connectivity index (χ0v) is 16.7. The van der Waals surface area contributed by atoms with E-state index in [-0.39, 0.29) is 11.6 Å². The highest BCUT2D eigenvalue weighted by atomic mass is 16.5. The Bertz CT molecular complexity index is 920. The number of hydrogen-bond donors (Lipinski definition) is 2. The maximum Gasteiger partial charge on any atom is 0.166 e. The number of nitrogens with one attached hydrogen (secondary N) is 2. The highest BCUT2D eigenvalue weighted by molar-refractivity contribution is 6.02. The monoisotopic (exact) mass is 377 g/mol. The van der Waals surface area contributed by atoms with Crippen LogP contribution >= 0.6 is 0 Å². The second kappa shape index (κ2) is 8.38. The number of hydrogen-bond acceptors (Lipinski definition) is 4. The van der Waals surface area contributed by atoms with Gasteiger partial charge in [-0.25, -0.2) is 0 Å². The Hall–Kier alpha value is -2.95. The Morgan fingerprint density at radius 2 is 2.07 bits per heavy atom. The molecule has 3 rings (SSSR count). The van der Waals surface area contributed by atoms with Gasteiger partial charge in [-0.05, 0) is 43.2 Å². The normalized spacial score (nSPS) is 19.6. The van der Waals surface area contributed by atoms with Gasteiger partial charge >= 0.3 is 0 Å². The van der Waals surface area contributed by atoms with Gasteiger partial charge in [0.2, 0.25) is 0 Å². The molecule has 1 unspecified atom stereocenters. The first-order valence-corrected chi connectivity index (χ1v) is 9.65. The summed E-state index contributed by atoms with van der Waals surface area (Å²) in [6.07, 6.45) is 8.11. The lowest BCUT2D eigenvalue weighted by atomic mass is 9.79. The third-order valence-electron chi connectivity index (χ3n) is 5.19. The molecule has 0 radical (unpaired) electrons. The maximum absolute atomic E-state index is 13.3. The van der Waals surface area contributed by atoms with E-state index in [1.54, 1.807) is 25.6 Å². The number of nitrogens with zero attached hydrogens (tertiary/aromatic N) is 1. The van der Waals surface area contributed by atoms with Gasteiger partial charge in [0.15, 0.2) is 5.78 Å². The van der Waals surface area contributed by atoms with Crippen molar-refractivity contribution in [2.75, 3.05) is 7.11 Å². The fourth-order valence-corrected chi connectivity index (χ4v) is 3.69. The average molecular weight is 377 g/mol. The molecular formula is C23H27N3O2. The molecule has 0 fully saturated rings. The average Bonchev–Trinajstić information content (AvgIpc) is 2.81. The molecule has 2 heterocycles. The lowest BCUT2D eigenvalue weighted by molar-refractivity contribution is -0.124. The minimum Gasteiger partial charge on any atom is -0.497 e. The number of rotatable bonds is 6. The maximum atomic E-state index is 13.3. The van der Waals surface area contributed by atoms with E-state index in [9.17, 15) is 4.79 Å². The summed E-state index contributed by atoms with van der Waals surface area (Å²) < 4.78 is 5.33. The van der Waals surface area contributed by atoms with Crippen molar-refractivity contribution >= 4 is 11.6 Å². The molecule has 0 spiro atoms. The van der Waals surface area contributed by atoms with E-state index in [0.29, 0.717) is 12.8 Å². The van der Waals surface area contributed by atoms with E-state index in [4.69, 9.17) is 10.1 Å². The molecule has 0 bridgehead atoms. The minimum atomic E-state index is -0.927. The number of allylic oxidation sites excluding steroid dienone is 1.